The van der Waals surface area contributed by atoms with Crippen LogP contribution in [-0.2, 0) is 9.53 Å². The molecule has 1 aliphatic heterocycles. The van der Waals surface area contributed by atoms with Crippen LogP contribution in [0.15, 0.2) is 24.3 Å². The SMILES string of the molecule is Cc1ccccc1N1CCOC(CCCN)C1=O. The van der Waals surface area contributed by atoms with Crippen molar-refractivity contribution in [2.45, 2.75) is 25.9 Å². The van der Waals surface area contributed by atoms with Crippen molar-refractivity contribution in [2.24, 2.45) is 5.73 Å². The lowest BCUT2D eigenvalue weighted by molar-refractivity contribution is -0.134. The second-order valence-electron chi connectivity index (χ2n) is 4.57. The molecule has 1 atom stereocenters. The van der Waals surface area contributed by atoms with E-state index in [0.29, 0.717) is 26.1 Å². The summed E-state index contributed by atoms with van der Waals surface area (Å²) in [6.45, 7) is 3.84. The molecular formula is C14H20N2O2. The van der Waals surface area contributed by atoms with Gasteiger partial charge in [0.1, 0.15) is 6.10 Å². The van der Waals surface area contributed by atoms with Gasteiger partial charge in [0.15, 0.2) is 0 Å². The Kier molecular flexibility index (Phi) is 4.33. The Labute approximate surface area is 108 Å². The highest BCUT2D eigenvalue weighted by molar-refractivity contribution is 5.97. The molecule has 0 radical (unpaired) electrons. The van der Waals surface area contributed by atoms with Gasteiger partial charge in [0.25, 0.3) is 5.91 Å². The number of amides is 1. The van der Waals surface area contributed by atoms with Gasteiger partial charge in [-0.2, -0.15) is 0 Å². The third kappa shape index (κ3) is 2.71. The van der Waals surface area contributed by atoms with Gasteiger partial charge in [0, 0.05) is 12.2 Å². The molecule has 1 aromatic rings. The van der Waals surface area contributed by atoms with Crippen LogP contribution in [0.4, 0.5) is 5.69 Å². The van der Waals surface area contributed by atoms with Crippen molar-refractivity contribution in [3.05, 3.63) is 29.8 Å². The van der Waals surface area contributed by atoms with Crippen molar-refractivity contribution in [1.82, 2.24) is 0 Å². The van der Waals surface area contributed by atoms with Gasteiger partial charge in [-0.05, 0) is 37.9 Å². The monoisotopic (exact) mass is 248 g/mol. The van der Waals surface area contributed by atoms with E-state index in [-0.39, 0.29) is 12.0 Å². The molecule has 1 saturated heterocycles. The highest BCUT2D eigenvalue weighted by Gasteiger charge is 2.30. The maximum atomic E-state index is 12.3. The summed E-state index contributed by atoms with van der Waals surface area (Å²) in [7, 11) is 0. The molecule has 0 spiro atoms. The second-order valence-corrected chi connectivity index (χ2v) is 4.57. The van der Waals surface area contributed by atoms with Gasteiger partial charge in [0.2, 0.25) is 0 Å². The van der Waals surface area contributed by atoms with Crippen LogP contribution in [0.25, 0.3) is 0 Å². The van der Waals surface area contributed by atoms with Gasteiger partial charge < -0.3 is 15.4 Å². The molecule has 0 aromatic heterocycles. The summed E-state index contributed by atoms with van der Waals surface area (Å²) in [5.41, 5.74) is 7.59. The zero-order valence-electron chi connectivity index (χ0n) is 10.8. The highest BCUT2D eigenvalue weighted by atomic mass is 16.5. The Hall–Kier alpha value is -1.39. The molecule has 98 valence electrons. The summed E-state index contributed by atoms with van der Waals surface area (Å²) in [5.74, 6) is 0.0593. The number of carbonyl (C=O) groups excluding carboxylic acids is 1. The molecule has 1 heterocycles. The van der Waals surface area contributed by atoms with Crippen LogP contribution in [0.1, 0.15) is 18.4 Å². The summed E-state index contributed by atoms with van der Waals surface area (Å²) in [6.07, 6.45) is 1.19. The number of morpholine rings is 1. The average Bonchev–Trinajstić information content (AvgIpc) is 2.39. The number of nitrogens with zero attached hydrogens (tertiary/aromatic N) is 1. The first-order valence-electron chi connectivity index (χ1n) is 6.42. The Morgan fingerprint density at radius 2 is 2.22 bits per heavy atom. The van der Waals surface area contributed by atoms with Crippen molar-refractivity contribution in [1.29, 1.82) is 0 Å². The first-order chi connectivity index (χ1) is 8.74. The first-order valence-corrected chi connectivity index (χ1v) is 6.42. The summed E-state index contributed by atoms with van der Waals surface area (Å²) in [4.78, 5) is 14.2. The Morgan fingerprint density at radius 3 is 2.94 bits per heavy atom. The molecule has 1 amide bonds. The van der Waals surface area contributed by atoms with E-state index in [2.05, 4.69) is 0 Å². The fraction of sp³-hybridized carbons (Fsp3) is 0.500. The van der Waals surface area contributed by atoms with Gasteiger partial charge >= 0.3 is 0 Å². The minimum Gasteiger partial charge on any atom is -0.367 e. The van der Waals surface area contributed by atoms with E-state index >= 15 is 0 Å². The van der Waals surface area contributed by atoms with Crippen molar-refractivity contribution >= 4 is 11.6 Å². The number of benzene rings is 1. The van der Waals surface area contributed by atoms with Crippen molar-refractivity contribution in [2.75, 3.05) is 24.6 Å². The van der Waals surface area contributed by atoms with E-state index in [0.717, 1.165) is 17.7 Å². The third-order valence-corrected chi connectivity index (χ3v) is 3.25. The van der Waals surface area contributed by atoms with Gasteiger partial charge in [-0.15, -0.1) is 0 Å². The molecule has 2 rings (SSSR count). The predicted molar refractivity (Wildman–Crippen MR) is 71.6 cm³/mol. The smallest absolute Gasteiger partial charge is 0.256 e. The van der Waals surface area contributed by atoms with Crippen LogP contribution in [0.2, 0.25) is 0 Å². The number of rotatable bonds is 4. The van der Waals surface area contributed by atoms with Crippen LogP contribution in [0.3, 0.4) is 0 Å². The average molecular weight is 248 g/mol. The molecule has 0 saturated carbocycles. The van der Waals surface area contributed by atoms with E-state index in [1.807, 2.05) is 36.1 Å². The molecule has 4 nitrogen and oxygen atoms in total. The number of carbonyl (C=O) groups is 1. The summed E-state index contributed by atoms with van der Waals surface area (Å²) in [6, 6.07) is 7.95. The maximum Gasteiger partial charge on any atom is 0.256 e. The molecular weight excluding hydrogens is 228 g/mol. The van der Waals surface area contributed by atoms with E-state index in [1.165, 1.54) is 0 Å². The highest BCUT2D eigenvalue weighted by Crippen LogP contribution is 2.23. The molecule has 0 aliphatic carbocycles. The first kappa shape index (κ1) is 13.1. The fourth-order valence-corrected chi connectivity index (χ4v) is 2.26. The van der Waals surface area contributed by atoms with E-state index in [1.54, 1.807) is 0 Å². The van der Waals surface area contributed by atoms with Gasteiger partial charge in [-0.1, -0.05) is 18.2 Å². The number of ether oxygens (including phenoxy) is 1. The van der Waals surface area contributed by atoms with Crippen LogP contribution < -0.4 is 10.6 Å². The quantitative estimate of drug-likeness (QED) is 0.877. The molecule has 18 heavy (non-hydrogen) atoms. The van der Waals surface area contributed by atoms with E-state index in [4.69, 9.17) is 10.5 Å². The maximum absolute atomic E-state index is 12.3. The van der Waals surface area contributed by atoms with Crippen LogP contribution >= 0.6 is 0 Å². The topological polar surface area (TPSA) is 55.6 Å². The standard InChI is InChI=1S/C14H20N2O2/c1-11-5-2-3-6-12(11)16-9-10-18-13(14(16)17)7-4-8-15/h2-3,5-6,13H,4,7-10,15H2,1H3. The van der Waals surface area contributed by atoms with E-state index < -0.39 is 0 Å². The lowest BCUT2D eigenvalue weighted by atomic mass is 10.1. The number of para-hydroxylation sites is 1. The lowest BCUT2D eigenvalue weighted by Gasteiger charge is -2.33. The van der Waals surface area contributed by atoms with Crippen LogP contribution in [0.5, 0.6) is 0 Å². The Bertz CT molecular complexity index is 420. The third-order valence-electron chi connectivity index (χ3n) is 3.25. The molecule has 1 fully saturated rings. The van der Waals surface area contributed by atoms with E-state index in [9.17, 15) is 4.79 Å². The number of hydrogen-bond donors (Lipinski definition) is 1. The fourth-order valence-electron chi connectivity index (χ4n) is 2.26. The largest absolute Gasteiger partial charge is 0.367 e. The van der Waals surface area contributed by atoms with Crippen molar-refractivity contribution in [3.63, 3.8) is 0 Å². The zero-order valence-corrected chi connectivity index (χ0v) is 10.8. The molecule has 1 unspecified atom stereocenters. The van der Waals surface area contributed by atoms with Gasteiger partial charge in [-0.3, -0.25) is 4.79 Å². The molecule has 4 heteroatoms. The normalized spacial score (nSPS) is 20.2. The Morgan fingerprint density at radius 1 is 1.44 bits per heavy atom. The lowest BCUT2D eigenvalue weighted by Crippen LogP contribution is -2.48. The van der Waals surface area contributed by atoms with Crippen molar-refractivity contribution in [3.8, 4) is 0 Å². The summed E-state index contributed by atoms with van der Waals surface area (Å²) < 4.78 is 5.54. The van der Waals surface area contributed by atoms with Crippen LogP contribution in [0, 0.1) is 6.92 Å². The van der Waals surface area contributed by atoms with Crippen molar-refractivity contribution < 1.29 is 9.53 Å². The number of aryl methyl sites for hydroxylation is 1. The molecule has 0 bridgehead atoms. The Balaban J connectivity index is 2.14. The zero-order chi connectivity index (χ0) is 13.0. The molecule has 1 aromatic carbocycles. The van der Waals surface area contributed by atoms with Gasteiger partial charge in [-0.25, -0.2) is 0 Å². The minimum absolute atomic E-state index is 0.0593. The predicted octanol–water partition coefficient (Wildman–Crippen LogP) is 1.47. The number of hydrogen-bond acceptors (Lipinski definition) is 3. The van der Waals surface area contributed by atoms with Crippen LogP contribution in [-0.4, -0.2) is 31.7 Å². The molecule has 2 N–H and O–H groups in total. The second kappa shape index (κ2) is 5.98. The number of nitrogens with two attached hydrogens (primary N) is 1. The number of anilines is 1. The summed E-state index contributed by atoms with van der Waals surface area (Å²) in [5, 5.41) is 0. The molecule has 1 aliphatic rings. The summed E-state index contributed by atoms with van der Waals surface area (Å²) >= 11 is 0. The van der Waals surface area contributed by atoms with Gasteiger partial charge in [0.05, 0.1) is 6.61 Å². The minimum atomic E-state index is -0.332.